The van der Waals surface area contributed by atoms with Crippen LogP contribution in [0.15, 0.2) is 46.2 Å². The van der Waals surface area contributed by atoms with E-state index in [0.29, 0.717) is 5.75 Å². The van der Waals surface area contributed by atoms with Crippen molar-refractivity contribution in [1.82, 2.24) is 4.98 Å². The summed E-state index contributed by atoms with van der Waals surface area (Å²) in [6, 6.07) is 6.90. The van der Waals surface area contributed by atoms with Crippen LogP contribution in [0, 0.1) is 0 Å². The molecule has 2 N–H and O–H groups in total. The molecule has 0 aliphatic heterocycles. The lowest BCUT2D eigenvalue weighted by molar-refractivity contribution is 0.414. The van der Waals surface area contributed by atoms with E-state index in [4.69, 9.17) is 16.3 Å². The molecule has 0 spiro atoms. The Labute approximate surface area is 120 Å². The lowest BCUT2D eigenvalue weighted by Gasteiger charge is -2.09. The molecule has 0 saturated heterocycles. The van der Waals surface area contributed by atoms with Gasteiger partial charge in [0.1, 0.15) is 11.4 Å². The molecule has 106 valence electrons. The highest BCUT2D eigenvalue weighted by Crippen LogP contribution is 2.27. The fourth-order valence-electron chi connectivity index (χ4n) is 1.52. The van der Waals surface area contributed by atoms with Crippen molar-refractivity contribution in [3.8, 4) is 5.75 Å². The van der Waals surface area contributed by atoms with Crippen LogP contribution in [0.4, 0.5) is 5.69 Å². The fraction of sp³-hybridized carbons (Fsp3) is 0.0833. The van der Waals surface area contributed by atoms with Gasteiger partial charge in [0.15, 0.2) is 0 Å². The molecule has 1 heterocycles. The number of nitrogens with one attached hydrogen (secondary N) is 2. The number of pyridine rings is 1. The Morgan fingerprint density at radius 3 is 2.65 bits per heavy atom. The molecule has 1 aromatic carbocycles. The number of hydrogen-bond donors (Lipinski definition) is 2. The van der Waals surface area contributed by atoms with Crippen LogP contribution in [0.1, 0.15) is 0 Å². The minimum absolute atomic E-state index is 0.0634. The summed E-state index contributed by atoms with van der Waals surface area (Å²) in [5.41, 5.74) is -0.602. The molecule has 0 saturated carbocycles. The molecule has 2 aromatic rings. The first-order valence-corrected chi connectivity index (χ1v) is 7.34. The van der Waals surface area contributed by atoms with Crippen LogP contribution in [0.2, 0.25) is 5.02 Å². The number of aromatic amines is 1. The SMILES string of the molecule is COc1ccc(S(=O)(=O)Nc2ccc[nH]c2=O)cc1Cl. The van der Waals surface area contributed by atoms with Crippen LogP contribution in [-0.2, 0) is 10.0 Å². The molecule has 8 heteroatoms. The van der Waals surface area contributed by atoms with Crippen LogP contribution < -0.4 is 15.0 Å². The van der Waals surface area contributed by atoms with E-state index in [1.807, 2.05) is 0 Å². The number of benzene rings is 1. The molecule has 0 aliphatic rings. The third kappa shape index (κ3) is 2.94. The van der Waals surface area contributed by atoms with E-state index in [9.17, 15) is 13.2 Å². The third-order valence-corrected chi connectivity index (χ3v) is 4.15. The van der Waals surface area contributed by atoms with E-state index in [0.717, 1.165) is 0 Å². The second-order valence-electron chi connectivity index (χ2n) is 3.81. The van der Waals surface area contributed by atoms with Crippen LogP contribution in [0.5, 0.6) is 5.75 Å². The first-order chi connectivity index (χ1) is 9.44. The molecule has 20 heavy (non-hydrogen) atoms. The van der Waals surface area contributed by atoms with Gasteiger partial charge in [-0.05, 0) is 30.3 Å². The highest BCUT2D eigenvalue weighted by Gasteiger charge is 2.17. The Balaban J connectivity index is 2.39. The van der Waals surface area contributed by atoms with Crippen molar-refractivity contribution in [1.29, 1.82) is 0 Å². The van der Waals surface area contributed by atoms with Crippen LogP contribution in [-0.4, -0.2) is 20.5 Å². The smallest absolute Gasteiger partial charge is 0.272 e. The number of methoxy groups -OCH3 is 1. The van der Waals surface area contributed by atoms with Crippen molar-refractivity contribution in [2.45, 2.75) is 4.90 Å². The third-order valence-electron chi connectivity index (χ3n) is 2.50. The Kier molecular flexibility index (Phi) is 4.01. The molecule has 1 aromatic heterocycles. The number of sulfonamides is 1. The second kappa shape index (κ2) is 5.56. The minimum Gasteiger partial charge on any atom is -0.495 e. The van der Waals surface area contributed by atoms with Crippen molar-refractivity contribution in [2.75, 3.05) is 11.8 Å². The van der Waals surface area contributed by atoms with Crippen molar-refractivity contribution in [3.63, 3.8) is 0 Å². The van der Waals surface area contributed by atoms with E-state index < -0.39 is 15.6 Å². The number of halogens is 1. The van der Waals surface area contributed by atoms with Gasteiger partial charge in [0.2, 0.25) is 0 Å². The summed E-state index contributed by atoms with van der Waals surface area (Å²) < 4.78 is 31.4. The molecule has 0 fully saturated rings. The monoisotopic (exact) mass is 314 g/mol. The van der Waals surface area contributed by atoms with Gasteiger partial charge in [-0.2, -0.15) is 0 Å². The van der Waals surface area contributed by atoms with Gasteiger partial charge >= 0.3 is 0 Å². The normalized spacial score (nSPS) is 11.1. The molecule has 0 unspecified atom stereocenters. The second-order valence-corrected chi connectivity index (χ2v) is 5.90. The number of aromatic nitrogens is 1. The number of H-pyrrole nitrogens is 1. The number of anilines is 1. The molecular formula is C12H11ClN2O4S. The summed E-state index contributed by atoms with van der Waals surface area (Å²) >= 11 is 5.88. The highest BCUT2D eigenvalue weighted by molar-refractivity contribution is 7.92. The molecule has 0 bridgehead atoms. The number of hydrogen-bond acceptors (Lipinski definition) is 4. The van der Waals surface area contributed by atoms with Crippen LogP contribution in [0.3, 0.4) is 0 Å². The van der Waals surface area contributed by atoms with Crippen molar-refractivity contribution < 1.29 is 13.2 Å². The summed E-state index contributed by atoms with van der Waals surface area (Å²) in [6.45, 7) is 0. The van der Waals surface area contributed by atoms with Crippen molar-refractivity contribution in [3.05, 3.63) is 51.9 Å². The quantitative estimate of drug-likeness (QED) is 0.901. The van der Waals surface area contributed by atoms with E-state index in [2.05, 4.69) is 9.71 Å². The molecular weight excluding hydrogens is 304 g/mol. The van der Waals surface area contributed by atoms with E-state index >= 15 is 0 Å². The average Bonchev–Trinajstić information content (AvgIpc) is 2.41. The summed E-state index contributed by atoms with van der Waals surface area (Å²) in [5, 5.41) is 0.164. The molecule has 6 nitrogen and oxygen atoms in total. The van der Waals surface area contributed by atoms with Gasteiger partial charge in [-0.15, -0.1) is 0 Å². The molecule has 0 aliphatic carbocycles. The predicted octanol–water partition coefficient (Wildman–Crippen LogP) is 1.84. The fourth-order valence-corrected chi connectivity index (χ4v) is 2.93. The Hall–Kier alpha value is -1.99. The van der Waals surface area contributed by atoms with Gasteiger partial charge in [-0.25, -0.2) is 8.42 Å². The average molecular weight is 315 g/mol. The zero-order valence-corrected chi connectivity index (χ0v) is 12.0. The van der Waals surface area contributed by atoms with Gasteiger partial charge in [0.05, 0.1) is 17.0 Å². The molecule has 0 atom stereocenters. The minimum atomic E-state index is -3.89. The lowest BCUT2D eigenvalue weighted by atomic mass is 10.3. The van der Waals surface area contributed by atoms with E-state index in [-0.39, 0.29) is 15.6 Å². The molecule has 0 amide bonds. The highest BCUT2D eigenvalue weighted by atomic mass is 35.5. The lowest BCUT2D eigenvalue weighted by Crippen LogP contribution is -2.19. The Morgan fingerprint density at radius 2 is 2.05 bits per heavy atom. The van der Waals surface area contributed by atoms with Gasteiger partial charge in [-0.1, -0.05) is 11.6 Å². The number of rotatable bonds is 4. The van der Waals surface area contributed by atoms with Gasteiger partial charge in [-0.3, -0.25) is 9.52 Å². The standard InChI is InChI=1S/C12H11ClN2O4S/c1-19-11-5-4-8(7-9(11)13)20(17,18)15-10-3-2-6-14-12(10)16/h2-7,15H,1H3,(H,14,16). The van der Waals surface area contributed by atoms with Crippen LogP contribution in [0.25, 0.3) is 0 Å². The molecule has 2 rings (SSSR count). The Bertz CT molecular complexity index is 786. The topological polar surface area (TPSA) is 88.3 Å². The maximum absolute atomic E-state index is 12.1. The summed E-state index contributed by atoms with van der Waals surface area (Å²) in [4.78, 5) is 13.8. The zero-order chi connectivity index (χ0) is 14.8. The maximum atomic E-state index is 12.1. The Morgan fingerprint density at radius 1 is 1.30 bits per heavy atom. The predicted molar refractivity (Wildman–Crippen MR) is 75.9 cm³/mol. The summed E-state index contributed by atoms with van der Waals surface area (Å²) in [6.07, 6.45) is 1.41. The first-order valence-electron chi connectivity index (χ1n) is 5.48. The van der Waals surface area contributed by atoms with E-state index in [1.165, 1.54) is 43.6 Å². The van der Waals surface area contributed by atoms with Gasteiger partial charge < -0.3 is 9.72 Å². The zero-order valence-electron chi connectivity index (χ0n) is 10.4. The van der Waals surface area contributed by atoms with Gasteiger partial charge in [0, 0.05) is 6.20 Å². The molecule has 0 radical (unpaired) electrons. The largest absolute Gasteiger partial charge is 0.495 e. The van der Waals surface area contributed by atoms with Crippen molar-refractivity contribution in [2.24, 2.45) is 0 Å². The first kappa shape index (κ1) is 14.4. The van der Waals surface area contributed by atoms with E-state index in [1.54, 1.807) is 0 Å². The van der Waals surface area contributed by atoms with Crippen LogP contribution >= 0.6 is 11.6 Å². The van der Waals surface area contributed by atoms with Gasteiger partial charge in [0.25, 0.3) is 15.6 Å². The number of ether oxygens (including phenoxy) is 1. The summed E-state index contributed by atoms with van der Waals surface area (Å²) in [5.74, 6) is 0.364. The maximum Gasteiger partial charge on any atom is 0.272 e. The summed E-state index contributed by atoms with van der Waals surface area (Å²) in [7, 11) is -2.47. The van der Waals surface area contributed by atoms with Crippen molar-refractivity contribution >= 4 is 27.3 Å².